The number of nitrogens with zero attached hydrogens (tertiary/aromatic N) is 1. The van der Waals surface area contributed by atoms with Crippen molar-refractivity contribution in [3.63, 3.8) is 0 Å². The summed E-state index contributed by atoms with van der Waals surface area (Å²) in [5.41, 5.74) is 4.79. The first kappa shape index (κ1) is 17.7. The molecule has 0 atom stereocenters. The summed E-state index contributed by atoms with van der Waals surface area (Å²) in [4.78, 5) is -0.709. The first-order valence-corrected chi connectivity index (χ1v) is 7.81. The minimum atomic E-state index is -4.22. The highest BCUT2D eigenvalue weighted by molar-refractivity contribution is 7.89. The van der Waals surface area contributed by atoms with Gasteiger partial charge in [0.05, 0.1) is 0 Å². The molecule has 0 amide bonds. The summed E-state index contributed by atoms with van der Waals surface area (Å²) in [6.45, 7) is 8.39. The molecule has 0 aliphatic heterocycles. The molecule has 0 heterocycles. The molecule has 0 saturated heterocycles. The number of rotatable bonds is 5. The highest BCUT2D eigenvalue weighted by atomic mass is 32.2. The van der Waals surface area contributed by atoms with Gasteiger partial charge in [0.25, 0.3) is 0 Å². The first-order valence-electron chi connectivity index (χ1n) is 6.37. The molecule has 0 aliphatic carbocycles. The van der Waals surface area contributed by atoms with Crippen LogP contribution in [0, 0.1) is 11.6 Å². The monoisotopic (exact) mass is 318 g/mol. The maximum Gasteiger partial charge on any atom is 0.246 e. The van der Waals surface area contributed by atoms with E-state index in [2.05, 4.69) is 6.58 Å². The van der Waals surface area contributed by atoms with Gasteiger partial charge in [0.2, 0.25) is 10.0 Å². The molecule has 0 spiro atoms. The van der Waals surface area contributed by atoms with Crippen LogP contribution in [0.3, 0.4) is 0 Å². The molecule has 21 heavy (non-hydrogen) atoms. The van der Waals surface area contributed by atoms with Gasteiger partial charge in [-0.15, -0.1) is 6.58 Å². The van der Waals surface area contributed by atoms with E-state index in [1.54, 1.807) is 20.8 Å². The fourth-order valence-corrected chi connectivity index (χ4v) is 3.78. The molecule has 0 aromatic heterocycles. The number of benzene rings is 1. The second-order valence-electron chi connectivity index (χ2n) is 5.59. The van der Waals surface area contributed by atoms with Crippen molar-refractivity contribution in [1.29, 1.82) is 0 Å². The van der Waals surface area contributed by atoms with Crippen molar-refractivity contribution in [2.45, 2.75) is 37.8 Å². The molecule has 0 aliphatic rings. The minimum Gasteiger partial charge on any atom is -0.326 e. The second-order valence-corrected chi connectivity index (χ2v) is 7.42. The summed E-state index contributed by atoms with van der Waals surface area (Å²) < 4.78 is 53.9. The first-order chi connectivity index (χ1) is 9.55. The molecule has 7 heteroatoms. The van der Waals surface area contributed by atoms with E-state index in [1.807, 2.05) is 0 Å². The summed E-state index contributed by atoms with van der Waals surface area (Å²) >= 11 is 0. The number of nitrogens with two attached hydrogens (primary N) is 1. The Morgan fingerprint density at radius 3 is 2.33 bits per heavy atom. The molecule has 0 bridgehead atoms. The fourth-order valence-electron chi connectivity index (χ4n) is 1.89. The highest BCUT2D eigenvalue weighted by Crippen LogP contribution is 2.28. The van der Waals surface area contributed by atoms with Crippen molar-refractivity contribution in [3.05, 3.63) is 42.0 Å². The van der Waals surface area contributed by atoms with E-state index in [1.165, 1.54) is 6.08 Å². The maximum atomic E-state index is 14.0. The van der Waals surface area contributed by atoms with E-state index in [0.717, 1.165) is 16.4 Å². The Kier molecular flexibility index (Phi) is 5.25. The molecule has 1 aromatic rings. The van der Waals surface area contributed by atoms with E-state index in [4.69, 9.17) is 5.73 Å². The smallest absolute Gasteiger partial charge is 0.246 e. The van der Waals surface area contributed by atoms with Crippen LogP contribution in [-0.4, -0.2) is 24.8 Å². The quantitative estimate of drug-likeness (QED) is 0.848. The molecule has 0 saturated carbocycles. The van der Waals surface area contributed by atoms with Crippen LogP contribution in [0.15, 0.2) is 29.7 Å². The van der Waals surface area contributed by atoms with Crippen LogP contribution >= 0.6 is 0 Å². The van der Waals surface area contributed by atoms with Crippen LogP contribution in [0.5, 0.6) is 0 Å². The summed E-state index contributed by atoms with van der Waals surface area (Å²) in [6.07, 6.45) is 1.39. The van der Waals surface area contributed by atoms with Gasteiger partial charge >= 0.3 is 0 Å². The lowest BCUT2D eigenvalue weighted by Crippen LogP contribution is -2.45. The molecule has 118 valence electrons. The molecule has 0 unspecified atom stereocenters. The molecular weight excluding hydrogens is 298 g/mol. The van der Waals surface area contributed by atoms with E-state index in [0.29, 0.717) is 0 Å². The van der Waals surface area contributed by atoms with Gasteiger partial charge in [-0.25, -0.2) is 17.2 Å². The molecular formula is C14H20F2N2O2S. The van der Waals surface area contributed by atoms with Gasteiger partial charge in [-0.1, -0.05) is 6.08 Å². The summed E-state index contributed by atoms with van der Waals surface area (Å²) in [5.74, 6) is -2.63. The van der Waals surface area contributed by atoms with Crippen LogP contribution in [0.4, 0.5) is 8.78 Å². The van der Waals surface area contributed by atoms with Crippen molar-refractivity contribution in [3.8, 4) is 0 Å². The number of hydrogen-bond acceptors (Lipinski definition) is 3. The zero-order valence-electron chi connectivity index (χ0n) is 12.4. The molecule has 1 aromatic carbocycles. The average molecular weight is 318 g/mol. The maximum absolute atomic E-state index is 14.0. The number of hydrogen-bond donors (Lipinski definition) is 1. The Hall–Kier alpha value is -1.31. The average Bonchev–Trinajstić information content (AvgIpc) is 2.37. The summed E-state index contributed by atoms with van der Waals surface area (Å²) in [7, 11) is -4.22. The lowest BCUT2D eigenvalue weighted by molar-refractivity contribution is 0.268. The number of sulfonamides is 1. The third-order valence-electron chi connectivity index (χ3n) is 2.90. The van der Waals surface area contributed by atoms with Gasteiger partial charge in [0.15, 0.2) is 11.6 Å². The Morgan fingerprint density at radius 1 is 1.33 bits per heavy atom. The van der Waals surface area contributed by atoms with Crippen molar-refractivity contribution in [2.24, 2.45) is 5.73 Å². The van der Waals surface area contributed by atoms with Crippen LogP contribution in [0.1, 0.15) is 26.3 Å². The summed E-state index contributed by atoms with van der Waals surface area (Å²) in [6, 6.07) is 1.96. The topological polar surface area (TPSA) is 63.4 Å². The zero-order valence-corrected chi connectivity index (χ0v) is 13.2. The van der Waals surface area contributed by atoms with Gasteiger partial charge in [0.1, 0.15) is 4.90 Å². The largest absolute Gasteiger partial charge is 0.326 e. The van der Waals surface area contributed by atoms with E-state index in [9.17, 15) is 17.2 Å². The minimum absolute atomic E-state index is 0.0141. The van der Waals surface area contributed by atoms with Gasteiger partial charge in [-0.05, 0) is 38.5 Å². The lowest BCUT2D eigenvalue weighted by Gasteiger charge is -2.33. The third-order valence-corrected chi connectivity index (χ3v) is 5.03. The Balaban J connectivity index is 3.55. The van der Waals surface area contributed by atoms with Gasteiger partial charge in [0, 0.05) is 18.6 Å². The molecule has 4 nitrogen and oxygen atoms in total. The van der Waals surface area contributed by atoms with Crippen LogP contribution in [0.2, 0.25) is 0 Å². The molecule has 2 N–H and O–H groups in total. The van der Waals surface area contributed by atoms with Crippen LogP contribution in [-0.2, 0) is 16.6 Å². The Morgan fingerprint density at radius 2 is 1.90 bits per heavy atom. The van der Waals surface area contributed by atoms with Crippen molar-refractivity contribution < 1.29 is 17.2 Å². The predicted molar refractivity (Wildman–Crippen MR) is 78.1 cm³/mol. The van der Waals surface area contributed by atoms with Gasteiger partial charge in [-0.2, -0.15) is 4.31 Å². The van der Waals surface area contributed by atoms with Gasteiger partial charge < -0.3 is 5.73 Å². The third kappa shape index (κ3) is 3.66. The Labute approximate surface area is 124 Å². The lowest BCUT2D eigenvalue weighted by atomic mass is 10.1. The van der Waals surface area contributed by atoms with Gasteiger partial charge in [-0.3, -0.25) is 0 Å². The van der Waals surface area contributed by atoms with Crippen molar-refractivity contribution in [1.82, 2.24) is 4.31 Å². The SMILES string of the molecule is C=CCN(C(C)(C)C)S(=O)(=O)c1cc(CN)cc(F)c1F. The second kappa shape index (κ2) is 6.21. The van der Waals surface area contributed by atoms with E-state index >= 15 is 0 Å². The molecule has 0 fully saturated rings. The molecule has 0 radical (unpaired) electrons. The highest BCUT2D eigenvalue weighted by Gasteiger charge is 2.35. The zero-order chi connectivity index (χ0) is 16.4. The summed E-state index contributed by atoms with van der Waals surface area (Å²) in [5, 5.41) is 0. The normalized spacial score (nSPS) is 12.7. The van der Waals surface area contributed by atoms with E-state index in [-0.39, 0.29) is 18.7 Å². The van der Waals surface area contributed by atoms with Crippen LogP contribution < -0.4 is 5.73 Å². The van der Waals surface area contributed by atoms with Crippen molar-refractivity contribution >= 4 is 10.0 Å². The van der Waals surface area contributed by atoms with Crippen LogP contribution in [0.25, 0.3) is 0 Å². The Bertz CT molecular complexity index is 637. The van der Waals surface area contributed by atoms with E-state index < -0.39 is 32.1 Å². The fraction of sp³-hybridized carbons (Fsp3) is 0.429. The number of halogens is 2. The predicted octanol–water partition coefficient (Wildman–Crippen LogP) is 2.40. The van der Waals surface area contributed by atoms with Crippen molar-refractivity contribution in [2.75, 3.05) is 6.54 Å². The standard InChI is InChI=1S/C14H20F2N2O2S/c1-5-6-18(14(2,3)4)21(19,20)12-8-10(9-17)7-11(15)13(12)16/h5,7-8H,1,6,9,17H2,2-4H3. The molecule has 1 rings (SSSR count).